The average molecular weight is 301 g/mol. The van der Waals surface area contributed by atoms with Gasteiger partial charge in [-0.2, -0.15) is 0 Å². The molecule has 0 aliphatic carbocycles. The van der Waals surface area contributed by atoms with Gasteiger partial charge >= 0.3 is 0 Å². The van der Waals surface area contributed by atoms with Crippen molar-refractivity contribution < 1.29 is 4.92 Å². The molecule has 7 heteroatoms. The zero-order chi connectivity index (χ0) is 15.7. The third kappa shape index (κ3) is 2.66. The van der Waals surface area contributed by atoms with Gasteiger partial charge in [0.1, 0.15) is 11.5 Å². The Bertz CT molecular complexity index is 710. The number of anilines is 1. The van der Waals surface area contributed by atoms with Gasteiger partial charge in [0.25, 0.3) is 5.69 Å². The molecule has 1 aliphatic heterocycles. The lowest BCUT2D eigenvalue weighted by atomic mass is 10.1. The van der Waals surface area contributed by atoms with E-state index in [9.17, 15) is 10.1 Å². The molecule has 0 bridgehead atoms. The van der Waals surface area contributed by atoms with Gasteiger partial charge < -0.3 is 9.88 Å². The predicted octanol–water partition coefficient (Wildman–Crippen LogP) is 3.00. The normalized spacial score (nSPS) is 15.2. The van der Waals surface area contributed by atoms with E-state index in [-0.39, 0.29) is 16.7 Å². The largest absolute Gasteiger partial charge is 0.370 e. The highest BCUT2D eigenvalue weighted by Crippen LogP contribution is 2.29. The first-order chi connectivity index (χ1) is 10.6. The van der Waals surface area contributed by atoms with Gasteiger partial charge in [0.2, 0.25) is 0 Å². The summed E-state index contributed by atoms with van der Waals surface area (Å²) in [6.45, 7) is 4.71. The third-order valence-corrected chi connectivity index (χ3v) is 4.00. The predicted molar refractivity (Wildman–Crippen MR) is 82.8 cm³/mol. The van der Waals surface area contributed by atoms with Crippen LogP contribution in [0.3, 0.4) is 0 Å². The number of fused-ring (bicyclic) bond motifs is 1. The second kappa shape index (κ2) is 5.75. The number of aromatic nitrogens is 3. The van der Waals surface area contributed by atoms with Crippen molar-refractivity contribution in [3.05, 3.63) is 45.5 Å². The minimum absolute atomic E-state index is 0.0882. The Morgan fingerprint density at radius 1 is 1.36 bits per heavy atom. The van der Waals surface area contributed by atoms with Crippen LogP contribution in [0.1, 0.15) is 43.0 Å². The molecule has 0 amide bonds. The molecule has 22 heavy (non-hydrogen) atoms. The third-order valence-electron chi connectivity index (χ3n) is 4.00. The summed E-state index contributed by atoms with van der Waals surface area (Å²) < 4.78 is 2.13. The smallest absolute Gasteiger partial charge is 0.292 e. The second-order valence-corrected chi connectivity index (χ2v) is 5.73. The Morgan fingerprint density at radius 3 is 2.95 bits per heavy atom. The zero-order valence-electron chi connectivity index (χ0n) is 12.7. The summed E-state index contributed by atoms with van der Waals surface area (Å²) in [5.41, 5.74) is 1.46. The van der Waals surface area contributed by atoms with E-state index in [4.69, 9.17) is 0 Å². The van der Waals surface area contributed by atoms with Crippen LogP contribution in [0.2, 0.25) is 0 Å². The lowest BCUT2D eigenvalue weighted by Crippen LogP contribution is -2.18. The lowest BCUT2D eigenvalue weighted by Gasteiger charge is -2.19. The molecule has 7 nitrogen and oxygen atoms in total. The number of aryl methyl sites for hydroxylation is 2. The first-order valence-electron chi connectivity index (χ1n) is 7.50. The second-order valence-electron chi connectivity index (χ2n) is 5.73. The quantitative estimate of drug-likeness (QED) is 0.693. The molecule has 0 spiro atoms. The van der Waals surface area contributed by atoms with E-state index in [2.05, 4.69) is 20.1 Å². The Balaban J connectivity index is 1.87. The van der Waals surface area contributed by atoms with E-state index >= 15 is 0 Å². The van der Waals surface area contributed by atoms with Crippen molar-refractivity contribution in [1.29, 1.82) is 0 Å². The summed E-state index contributed by atoms with van der Waals surface area (Å²) >= 11 is 0. The fourth-order valence-electron chi connectivity index (χ4n) is 2.86. The number of nitro groups is 1. The van der Waals surface area contributed by atoms with Crippen LogP contribution in [-0.2, 0) is 13.0 Å². The number of nitrogens with one attached hydrogen (secondary N) is 1. The first kappa shape index (κ1) is 14.5. The summed E-state index contributed by atoms with van der Waals surface area (Å²) in [6, 6.07) is 5.05. The molecular weight excluding hydrogens is 282 g/mol. The van der Waals surface area contributed by atoms with Crippen molar-refractivity contribution in [2.45, 2.75) is 45.7 Å². The Morgan fingerprint density at radius 2 is 2.18 bits per heavy atom. The van der Waals surface area contributed by atoms with Crippen LogP contribution in [0.15, 0.2) is 18.2 Å². The molecule has 0 fully saturated rings. The first-order valence-corrected chi connectivity index (χ1v) is 7.50. The maximum atomic E-state index is 11.2. The van der Waals surface area contributed by atoms with Crippen LogP contribution in [0.25, 0.3) is 0 Å². The molecule has 2 heterocycles. The highest BCUT2D eigenvalue weighted by atomic mass is 16.6. The van der Waals surface area contributed by atoms with Crippen molar-refractivity contribution in [2.75, 3.05) is 5.32 Å². The highest BCUT2D eigenvalue weighted by Gasteiger charge is 2.22. The maximum Gasteiger partial charge on any atom is 0.292 e. The molecule has 1 atom stereocenters. The Kier molecular flexibility index (Phi) is 3.79. The minimum atomic E-state index is -0.360. The summed E-state index contributed by atoms with van der Waals surface area (Å²) in [7, 11) is 0. The van der Waals surface area contributed by atoms with Gasteiger partial charge in [-0.05, 0) is 38.3 Å². The summed E-state index contributed by atoms with van der Waals surface area (Å²) in [6.07, 6.45) is 3.21. The van der Waals surface area contributed by atoms with E-state index in [1.807, 2.05) is 19.9 Å². The maximum absolute atomic E-state index is 11.2. The molecule has 1 aliphatic rings. The molecule has 0 saturated carbocycles. The van der Waals surface area contributed by atoms with Gasteiger partial charge in [0.05, 0.1) is 11.0 Å². The summed E-state index contributed by atoms with van der Waals surface area (Å²) in [5.74, 6) is 1.85. The standard InChI is InChI=1S/C15H19N5O2/c1-10-6-7-12(13(9-10)20(21)22)16-11(2)15-18-17-14-5-3-4-8-19(14)15/h6-7,9,11,16H,3-5,8H2,1-2H3. The van der Waals surface area contributed by atoms with E-state index in [0.717, 1.165) is 43.0 Å². The van der Waals surface area contributed by atoms with Gasteiger partial charge in [0, 0.05) is 19.0 Å². The molecular formula is C15H19N5O2. The monoisotopic (exact) mass is 301 g/mol. The van der Waals surface area contributed by atoms with Crippen LogP contribution in [0, 0.1) is 17.0 Å². The van der Waals surface area contributed by atoms with E-state index in [0.29, 0.717) is 5.69 Å². The van der Waals surface area contributed by atoms with Crippen molar-refractivity contribution in [3.63, 3.8) is 0 Å². The number of hydrogen-bond donors (Lipinski definition) is 1. The minimum Gasteiger partial charge on any atom is -0.370 e. The molecule has 1 aromatic heterocycles. The Hall–Kier alpha value is -2.44. The van der Waals surface area contributed by atoms with Crippen molar-refractivity contribution in [1.82, 2.24) is 14.8 Å². The van der Waals surface area contributed by atoms with E-state index < -0.39 is 0 Å². The average Bonchev–Trinajstić information content (AvgIpc) is 2.93. The van der Waals surface area contributed by atoms with Crippen molar-refractivity contribution in [3.8, 4) is 0 Å². The van der Waals surface area contributed by atoms with Crippen LogP contribution >= 0.6 is 0 Å². The van der Waals surface area contributed by atoms with Gasteiger partial charge in [-0.25, -0.2) is 0 Å². The van der Waals surface area contributed by atoms with Gasteiger partial charge in [-0.3, -0.25) is 10.1 Å². The number of rotatable bonds is 4. The molecule has 0 radical (unpaired) electrons. The molecule has 1 aromatic carbocycles. The Labute approximate surface area is 128 Å². The van der Waals surface area contributed by atoms with Gasteiger partial charge in [0.15, 0.2) is 5.82 Å². The number of hydrogen-bond acceptors (Lipinski definition) is 5. The summed E-state index contributed by atoms with van der Waals surface area (Å²) in [5, 5.41) is 22.9. The summed E-state index contributed by atoms with van der Waals surface area (Å²) in [4.78, 5) is 10.8. The van der Waals surface area contributed by atoms with Crippen LogP contribution < -0.4 is 5.32 Å². The molecule has 116 valence electrons. The topological polar surface area (TPSA) is 85.9 Å². The number of nitro benzene ring substituents is 1. The lowest BCUT2D eigenvalue weighted by molar-refractivity contribution is -0.384. The van der Waals surface area contributed by atoms with E-state index in [1.54, 1.807) is 12.1 Å². The number of nitrogens with zero attached hydrogens (tertiary/aromatic N) is 4. The molecule has 0 saturated heterocycles. The molecule has 3 rings (SSSR count). The van der Waals surface area contributed by atoms with Crippen LogP contribution in [0.5, 0.6) is 0 Å². The number of benzene rings is 1. The highest BCUT2D eigenvalue weighted by molar-refractivity contribution is 5.63. The fraction of sp³-hybridized carbons (Fsp3) is 0.467. The molecule has 1 unspecified atom stereocenters. The van der Waals surface area contributed by atoms with Gasteiger partial charge in [-0.1, -0.05) is 6.07 Å². The van der Waals surface area contributed by atoms with E-state index in [1.165, 1.54) is 0 Å². The van der Waals surface area contributed by atoms with Crippen molar-refractivity contribution in [2.24, 2.45) is 0 Å². The van der Waals surface area contributed by atoms with Crippen LogP contribution in [-0.4, -0.2) is 19.7 Å². The zero-order valence-corrected chi connectivity index (χ0v) is 12.7. The van der Waals surface area contributed by atoms with Crippen molar-refractivity contribution >= 4 is 11.4 Å². The van der Waals surface area contributed by atoms with Crippen LogP contribution in [0.4, 0.5) is 11.4 Å². The SMILES string of the molecule is Cc1ccc(NC(C)c2nnc3n2CCCC3)c([N+](=O)[O-])c1. The molecule has 2 aromatic rings. The van der Waals surface area contributed by atoms with Gasteiger partial charge in [-0.15, -0.1) is 10.2 Å². The molecule has 1 N–H and O–H groups in total. The fourth-order valence-corrected chi connectivity index (χ4v) is 2.86.